The second kappa shape index (κ2) is 10.4. The number of benzene rings is 1. The number of unbranched alkanes of at least 4 members (excludes halogenated alkanes) is 3. The number of amides is 2. The summed E-state index contributed by atoms with van der Waals surface area (Å²) in [6.07, 6.45) is 4.72. The summed E-state index contributed by atoms with van der Waals surface area (Å²) in [6.45, 7) is 4.42. The van der Waals surface area contributed by atoms with Crippen LogP contribution >= 0.6 is 11.6 Å². The highest BCUT2D eigenvalue weighted by Crippen LogP contribution is 2.64. The lowest BCUT2D eigenvalue weighted by atomic mass is 9.65. The van der Waals surface area contributed by atoms with E-state index in [-0.39, 0.29) is 25.0 Å². The van der Waals surface area contributed by atoms with Crippen molar-refractivity contribution in [2.24, 2.45) is 11.8 Å². The number of carbonyl (C=O) groups is 3. The van der Waals surface area contributed by atoms with Crippen molar-refractivity contribution >= 4 is 35.1 Å². The van der Waals surface area contributed by atoms with Crippen molar-refractivity contribution in [2.45, 2.75) is 76.0 Å². The summed E-state index contributed by atoms with van der Waals surface area (Å²) in [7, 11) is 0. The fourth-order valence-electron chi connectivity index (χ4n) is 6.36. The zero-order valence-corrected chi connectivity index (χ0v) is 21.2. The second-order valence-corrected chi connectivity index (χ2v) is 10.1. The quantitative estimate of drug-likeness (QED) is 0.351. The molecule has 2 bridgehead atoms. The third kappa shape index (κ3) is 4.34. The number of aliphatic hydroxyl groups excluding tert-OH is 1. The number of anilines is 1. The van der Waals surface area contributed by atoms with Gasteiger partial charge in [-0.15, -0.1) is 0 Å². The van der Waals surface area contributed by atoms with Crippen molar-refractivity contribution < 1.29 is 29.0 Å². The number of hydrogen-bond acceptors (Lipinski definition) is 6. The molecular formula is C26H35ClN2O6. The predicted molar refractivity (Wildman–Crippen MR) is 131 cm³/mol. The summed E-state index contributed by atoms with van der Waals surface area (Å²) in [4.78, 5) is 42.4. The number of rotatable bonds is 11. The molecule has 0 aliphatic carbocycles. The summed E-state index contributed by atoms with van der Waals surface area (Å²) in [5, 5.41) is 12.4. The smallest absolute Gasteiger partial charge is 0.312 e. The Morgan fingerprint density at radius 2 is 1.94 bits per heavy atom. The number of nitrogens with zero attached hydrogens (tertiary/aromatic N) is 1. The fourth-order valence-corrected chi connectivity index (χ4v) is 6.54. The largest absolute Gasteiger partial charge is 0.466 e. The van der Waals surface area contributed by atoms with Crippen LogP contribution in [0.15, 0.2) is 24.3 Å². The maximum Gasteiger partial charge on any atom is 0.312 e. The Bertz CT molecular complexity index is 973. The number of halogens is 1. The molecule has 2 amide bonds. The van der Waals surface area contributed by atoms with Gasteiger partial charge in [0.15, 0.2) is 0 Å². The first-order chi connectivity index (χ1) is 16.8. The first-order valence-electron chi connectivity index (χ1n) is 12.7. The van der Waals surface area contributed by atoms with Gasteiger partial charge in [0.2, 0.25) is 11.8 Å². The van der Waals surface area contributed by atoms with Crippen molar-refractivity contribution in [1.29, 1.82) is 0 Å². The van der Waals surface area contributed by atoms with E-state index in [2.05, 4.69) is 5.32 Å². The SMILES string of the molecule is CCOC(=O)[C@H]1[C@H]2C(=O)N(CCCCCCO)C(C(=O)Nc3ccccc3Cl)C23CC[C@]1(CC)O3. The molecule has 0 aromatic heterocycles. The van der Waals surface area contributed by atoms with E-state index in [4.69, 9.17) is 26.2 Å². The van der Waals surface area contributed by atoms with E-state index in [1.807, 2.05) is 6.92 Å². The molecule has 0 saturated carbocycles. The normalized spacial score (nSPS) is 31.0. The fraction of sp³-hybridized carbons (Fsp3) is 0.654. The Hall–Kier alpha value is -2.16. The third-order valence-electron chi connectivity index (χ3n) is 7.91. The third-order valence-corrected chi connectivity index (χ3v) is 8.24. The predicted octanol–water partition coefficient (Wildman–Crippen LogP) is 3.55. The van der Waals surface area contributed by atoms with Gasteiger partial charge in [-0.2, -0.15) is 0 Å². The average Bonchev–Trinajstić information content (AvgIpc) is 3.44. The second-order valence-electron chi connectivity index (χ2n) is 9.72. The van der Waals surface area contributed by atoms with Gasteiger partial charge in [0.1, 0.15) is 17.6 Å². The zero-order valence-electron chi connectivity index (χ0n) is 20.4. The number of nitrogens with one attached hydrogen (secondary N) is 1. The monoisotopic (exact) mass is 506 g/mol. The Labute approximate surface area is 211 Å². The summed E-state index contributed by atoms with van der Waals surface area (Å²) in [5.41, 5.74) is -1.42. The first-order valence-corrected chi connectivity index (χ1v) is 13.1. The lowest BCUT2D eigenvalue weighted by Crippen LogP contribution is -2.53. The van der Waals surface area contributed by atoms with Gasteiger partial charge in [0.05, 0.1) is 28.8 Å². The van der Waals surface area contributed by atoms with Gasteiger partial charge in [-0.1, -0.05) is 43.5 Å². The molecule has 3 aliphatic rings. The van der Waals surface area contributed by atoms with E-state index in [1.165, 1.54) is 0 Å². The van der Waals surface area contributed by atoms with Gasteiger partial charge in [-0.05, 0) is 51.2 Å². The van der Waals surface area contributed by atoms with Crippen molar-refractivity contribution in [1.82, 2.24) is 4.90 Å². The van der Waals surface area contributed by atoms with Gasteiger partial charge in [0, 0.05) is 13.2 Å². The minimum atomic E-state index is -1.08. The zero-order chi connectivity index (χ0) is 25.2. The van der Waals surface area contributed by atoms with Crippen LogP contribution in [0.2, 0.25) is 5.02 Å². The van der Waals surface area contributed by atoms with Crippen LogP contribution in [0.4, 0.5) is 5.69 Å². The molecule has 3 aliphatic heterocycles. The van der Waals surface area contributed by atoms with E-state index in [9.17, 15) is 14.4 Å². The number of carbonyl (C=O) groups excluding carboxylic acids is 3. The van der Waals surface area contributed by atoms with E-state index >= 15 is 0 Å². The molecule has 3 saturated heterocycles. The topological polar surface area (TPSA) is 105 Å². The van der Waals surface area contributed by atoms with Crippen LogP contribution in [0.5, 0.6) is 0 Å². The molecule has 3 heterocycles. The van der Waals surface area contributed by atoms with Crippen molar-refractivity contribution in [3.8, 4) is 0 Å². The Morgan fingerprint density at radius 1 is 1.20 bits per heavy atom. The van der Waals surface area contributed by atoms with Crippen molar-refractivity contribution in [3.63, 3.8) is 0 Å². The Kier molecular flexibility index (Phi) is 7.74. The van der Waals surface area contributed by atoms with Crippen LogP contribution in [0, 0.1) is 11.8 Å². The summed E-state index contributed by atoms with van der Waals surface area (Å²) in [6, 6.07) is 6.09. The van der Waals surface area contributed by atoms with Crippen LogP contribution in [0.1, 0.15) is 58.8 Å². The van der Waals surface area contributed by atoms with Gasteiger partial charge in [-0.25, -0.2) is 0 Å². The summed E-state index contributed by atoms with van der Waals surface area (Å²) >= 11 is 6.30. The number of ether oxygens (including phenoxy) is 2. The molecule has 9 heteroatoms. The lowest BCUT2D eigenvalue weighted by Gasteiger charge is -2.33. The number of hydrogen-bond donors (Lipinski definition) is 2. The number of likely N-dealkylation sites (tertiary alicyclic amines) is 1. The van der Waals surface area contributed by atoms with Gasteiger partial charge in [-0.3, -0.25) is 14.4 Å². The molecule has 1 aromatic carbocycles. The van der Waals surface area contributed by atoms with Crippen LogP contribution in [-0.4, -0.2) is 64.8 Å². The van der Waals surface area contributed by atoms with Crippen LogP contribution in [0.25, 0.3) is 0 Å². The molecule has 3 fully saturated rings. The number of aliphatic hydroxyl groups is 1. The van der Waals surface area contributed by atoms with Crippen LogP contribution in [-0.2, 0) is 23.9 Å². The summed E-state index contributed by atoms with van der Waals surface area (Å²) < 4.78 is 12.1. The maximum atomic E-state index is 13.9. The molecule has 5 atom stereocenters. The standard InChI is InChI=1S/C26H35ClN2O6/c1-3-25-13-14-26(35-25)19(20(25)24(33)34-4-2)23(32)29(15-9-5-6-10-16-30)21(26)22(31)28-18-12-8-7-11-17(18)27/h7-8,11-12,19-21,30H,3-6,9-10,13-16H2,1-2H3,(H,28,31)/t19-,20+,21?,25-,26?/m0/s1. The van der Waals surface area contributed by atoms with Crippen molar-refractivity contribution in [3.05, 3.63) is 29.3 Å². The Balaban J connectivity index is 1.68. The highest BCUT2D eigenvalue weighted by atomic mass is 35.5. The van der Waals surface area contributed by atoms with Gasteiger partial charge in [0.25, 0.3) is 0 Å². The molecule has 1 spiro atoms. The minimum absolute atomic E-state index is 0.130. The van der Waals surface area contributed by atoms with Gasteiger partial charge < -0.3 is 24.8 Å². The molecule has 1 aromatic rings. The van der Waals surface area contributed by atoms with E-state index in [1.54, 1.807) is 36.1 Å². The maximum absolute atomic E-state index is 13.9. The molecule has 8 nitrogen and oxygen atoms in total. The highest BCUT2D eigenvalue weighted by molar-refractivity contribution is 6.33. The average molecular weight is 507 g/mol. The molecule has 4 rings (SSSR count). The lowest BCUT2D eigenvalue weighted by molar-refractivity contribution is -0.160. The van der Waals surface area contributed by atoms with Crippen LogP contribution in [0.3, 0.4) is 0 Å². The van der Waals surface area contributed by atoms with E-state index in [0.29, 0.717) is 49.4 Å². The highest BCUT2D eigenvalue weighted by Gasteiger charge is 2.78. The molecule has 192 valence electrons. The van der Waals surface area contributed by atoms with E-state index < -0.39 is 35.0 Å². The minimum Gasteiger partial charge on any atom is -0.466 e. The number of esters is 1. The molecule has 0 radical (unpaired) electrons. The molecule has 2 N–H and O–H groups in total. The van der Waals surface area contributed by atoms with Gasteiger partial charge >= 0.3 is 5.97 Å². The number of fused-ring (bicyclic) bond motifs is 1. The van der Waals surface area contributed by atoms with Crippen molar-refractivity contribution in [2.75, 3.05) is 25.1 Å². The Morgan fingerprint density at radius 3 is 2.63 bits per heavy atom. The number of para-hydroxylation sites is 1. The van der Waals surface area contributed by atoms with E-state index in [0.717, 1.165) is 12.8 Å². The first kappa shape index (κ1) is 25.9. The molecular weight excluding hydrogens is 472 g/mol. The molecule has 2 unspecified atom stereocenters. The van der Waals surface area contributed by atoms with Crippen LogP contribution < -0.4 is 5.32 Å². The summed E-state index contributed by atoms with van der Waals surface area (Å²) in [5.74, 6) is -2.50. The molecule has 35 heavy (non-hydrogen) atoms.